The highest BCUT2D eigenvalue weighted by Gasteiger charge is 2.27. The summed E-state index contributed by atoms with van der Waals surface area (Å²) in [4.78, 5) is 39.4. The standard InChI is InChI=1S/C28H30N4O3/c1-19(33)29-30-27(34)26-16-15-24-18-32(25-10-6-5-9-23(25)17-31(24)26)28(35)22-13-11-21(12-14-22)20-7-3-2-4-8-20/h5-6,9-16,20H,2-4,7-8,17-18H2,1H3,(H,29,33)(H,30,34). The second-order valence-corrected chi connectivity index (χ2v) is 9.41. The fourth-order valence-electron chi connectivity index (χ4n) is 5.24. The van der Waals surface area contributed by atoms with Crippen LogP contribution in [0.2, 0.25) is 0 Å². The summed E-state index contributed by atoms with van der Waals surface area (Å²) in [5, 5.41) is 0. The molecule has 1 aromatic heterocycles. The number of anilines is 1. The average Bonchev–Trinajstić information content (AvgIpc) is 3.20. The lowest BCUT2D eigenvalue weighted by Gasteiger charge is -2.24. The minimum absolute atomic E-state index is 0.0634. The summed E-state index contributed by atoms with van der Waals surface area (Å²) in [6.07, 6.45) is 6.32. The van der Waals surface area contributed by atoms with Gasteiger partial charge in [0, 0.05) is 23.9 Å². The number of rotatable bonds is 3. The van der Waals surface area contributed by atoms with Gasteiger partial charge in [-0.25, -0.2) is 0 Å². The van der Waals surface area contributed by atoms with Crippen molar-refractivity contribution in [1.82, 2.24) is 15.4 Å². The number of para-hydroxylation sites is 1. The minimum Gasteiger partial charge on any atom is -0.334 e. The number of carbonyl (C=O) groups excluding carboxylic acids is 3. The van der Waals surface area contributed by atoms with Crippen molar-refractivity contribution in [1.29, 1.82) is 0 Å². The molecule has 2 N–H and O–H groups in total. The zero-order chi connectivity index (χ0) is 24.4. The Balaban J connectivity index is 1.43. The third-order valence-electron chi connectivity index (χ3n) is 7.07. The van der Waals surface area contributed by atoms with E-state index in [0.717, 1.165) is 16.9 Å². The maximum atomic E-state index is 13.7. The van der Waals surface area contributed by atoms with Crippen molar-refractivity contribution in [3.63, 3.8) is 0 Å². The molecule has 1 aliphatic carbocycles. The van der Waals surface area contributed by atoms with Crippen molar-refractivity contribution in [2.45, 2.75) is 58.0 Å². The Morgan fingerprint density at radius 2 is 1.57 bits per heavy atom. The van der Waals surface area contributed by atoms with E-state index in [1.54, 1.807) is 11.0 Å². The number of nitrogens with one attached hydrogen (secondary N) is 2. The zero-order valence-electron chi connectivity index (χ0n) is 19.9. The van der Waals surface area contributed by atoms with Crippen molar-refractivity contribution in [3.8, 4) is 0 Å². The molecule has 1 aliphatic heterocycles. The lowest BCUT2D eigenvalue weighted by atomic mass is 9.84. The summed E-state index contributed by atoms with van der Waals surface area (Å²) in [5.74, 6) is -0.219. The number of hydrogen-bond donors (Lipinski definition) is 2. The molecule has 0 saturated heterocycles. The quantitative estimate of drug-likeness (QED) is 0.552. The number of hydrogen-bond acceptors (Lipinski definition) is 3. The molecule has 7 nitrogen and oxygen atoms in total. The number of nitrogens with zero attached hydrogens (tertiary/aromatic N) is 2. The molecule has 2 aromatic carbocycles. The monoisotopic (exact) mass is 470 g/mol. The fourth-order valence-corrected chi connectivity index (χ4v) is 5.24. The summed E-state index contributed by atoms with van der Waals surface area (Å²) in [6, 6.07) is 19.5. The van der Waals surface area contributed by atoms with E-state index >= 15 is 0 Å². The Hall–Kier alpha value is -3.87. The van der Waals surface area contributed by atoms with Gasteiger partial charge in [0.1, 0.15) is 5.69 Å². The van der Waals surface area contributed by atoms with Crippen LogP contribution in [0.4, 0.5) is 5.69 Å². The zero-order valence-corrected chi connectivity index (χ0v) is 19.9. The molecular weight excluding hydrogens is 440 g/mol. The Kier molecular flexibility index (Phi) is 6.40. The van der Waals surface area contributed by atoms with Gasteiger partial charge in [-0.05, 0) is 60.2 Å². The first-order valence-corrected chi connectivity index (χ1v) is 12.3. The summed E-state index contributed by atoms with van der Waals surface area (Å²) >= 11 is 0. The van der Waals surface area contributed by atoms with Gasteiger partial charge in [-0.1, -0.05) is 49.6 Å². The van der Waals surface area contributed by atoms with Gasteiger partial charge in [0.2, 0.25) is 5.91 Å². The molecule has 1 saturated carbocycles. The van der Waals surface area contributed by atoms with E-state index < -0.39 is 5.91 Å². The molecule has 35 heavy (non-hydrogen) atoms. The van der Waals surface area contributed by atoms with Crippen LogP contribution in [-0.4, -0.2) is 22.3 Å². The summed E-state index contributed by atoms with van der Waals surface area (Å²) in [5.41, 5.74) is 9.80. The average molecular weight is 471 g/mol. The second-order valence-electron chi connectivity index (χ2n) is 9.41. The van der Waals surface area contributed by atoms with Crippen molar-refractivity contribution in [3.05, 3.63) is 88.7 Å². The van der Waals surface area contributed by atoms with Crippen LogP contribution in [0.5, 0.6) is 0 Å². The van der Waals surface area contributed by atoms with Crippen molar-refractivity contribution in [2.24, 2.45) is 0 Å². The minimum atomic E-state index is -0.401. The van der Waals surface area contributed by atoms with E-state index in [2.05, 4.69) is 23.0 Å². The molecule has 0 unspecified atom stereocenters. The Labute approximate surface area is 205 Å². The summed E-state index contributed by atoms with van der Waals surface area (Å²) < 4.78 is 1.90. The van der Waals surface area contributed by atoms with Crippen LogP contribution in [0, 0.1) is 0 Å². The molecule has 0 spiro atoms. The van der Waals surface area contributed by atoms with Crippen molar-refractivity contribution in [2.75, 3.05) is 4.90 Å². The van der Waals surface area contributed by atoms with Gasteiger partial charge in [0.15, 0.2) is 0 Å². The molecule has 2 aliphatic rings. The molecule has 180 valence electrons. The highest BCUT2D eigenvalue weighted by Crippen LogP contribution is 2.34. The Morgan fingerprint density at radius 1 is 0.829 bits per heavy atom. The number of hydrazine groups is 1. The van der Waals surface area contributed by atoms with E-state index in [-0.39, 0.29) is 11.8 Å². The predicted molar refractivity (Wildman–Crippen MR) is 134 cm³/mol. The normalized spacial score (nSPS) is 15.5. The molecule has 5 rings (SSSR count). The predicted octanol–water partition coefficient (Wildman–Crippen LogP) is 4.53. The first-order chi connectivity index (χ1) is 17.0. The van der Waals surface area contributed by atoms with Gasteiger partial charge in [0.25, 0.3) is 11.8 Å². The number of amides is 3. The highest BCUT2D eigenvalue weighted by atomic mass is 16.2. The summed E-state index contributed by atoms with van der Waals surface area (Å²) in [6.45, 7) is 2.12. The maximum absolute atomic E-state index is 13.7. The third kappa shape index (κ3) is 4.71. The number of fused-ring (bicyclic) bond motifs is 2. The van der Waals surface area contributed by atoms with Crippen molar-refractivity contribution >= 4 is 23.4 Å². The number of carbonyl (C=O) groups is 3. The van der Waals surface area contributed by atoms with E-state index in [1.165, 1.54) is 44.6 Å². The topological polar surface area (TPSA) is 83.4 Å². The highest BCUT2D eigenvalue weighted by molar-refractivity contribution is 6.06. The van der Waals surface area contributed by atoms with Crippen LogP contribution in [0.25, 0.3) is 0 Å². The van der Waals surface area contributed by atoms with E-state index in [1.807, 2.05) is 47.0 Å². The first kappa shape index (κ1) is 22.9. The Morgan fingerprint density at radius 3 is 2.31 bits per heavy atom. The lowest BCUT2D eigenvalue weighted by Crippen LogP contribution is -2.41. The molecule has 3 aromatic rings. The van der Waals surface area contributed by atoms with Crippen LogP contribution in [-0.2, 0) is 17.9 Å². The smallest absolute Gasteiger partial charge is 0.286 e. The van der Waals surface area contributed by atoms with Gasteiger partial charge >= 0.3 is 0 Å². The van der Waals surface area contributed by atoms with E-state index in [9.17, 15) is 14.4 Å². The molecule has 0 radical (unpaired) electrons. The number of aromatic nitrogens is 1. The first-order valence-electron chi connectivity index (χ1n) is 12.3. The van der Waals surface area contributed by atoms with Gasteiger partial charge in [-0.2, -0.15) is 0 Å². The SMILES string of the molecule is CC(=O)NNC(=O)c1ccc2n1Cc1ccccc1N(C(=O)c1ccc(C3CCCCC3)cc1)C2. The van der Waals surface area contributed by atoms with Crippen LogP contribution >= 0.6 is 0 Å². The van der Waals surface area contributed by atoms with Gasteiger partial charge in [-0.3, -0.25) is 25.2 Å². The number of benzene rings is 2. The molecule has 0 bridgehead atoms. The van der Waals surface area contributed by atoms with Crippen molar-refractivity contribution < 1.29 is 14.4 Å². The molecule has 1 fully saturated rings. The second kappa shape index (κ2) is 9.78. The largest absolute Gasteiger partial charge is 0.334 e. The maximum Gasteiger partial charge on any atom is 0.286 e. The van der Waals surface area contributed by atoms with Gasteiger partial charge in [0.05, 0.1) is 13.1 Å². The van der Waals surface area contributed by atoms with Crippen LogP contribution in [0.1, 0.15) is 82.6 Å². The van der Waals surface area contributed by atoms with Crippen LogP contribution in [0.3, 0.4) is 0 Å². The molecular formula is C28H30N4O3. The molecule has 7 heteroatoms. The van der Waals surface area contributed by atoms with E-state index in [4.69, 9.17) is 0 Å². The van der Waals surface area contributed by atoms with Gasteiger partial charge in [-0.15, -0.1) is 0 Å². The molecule has 3 amide bonds. The van der Waals surface area contributed by atoms with Crippen LogP contribution < -0.4 is 15.8 Å². The third-order valence-corrected chi connectivity index (χ3v) is 7.07. The summed E-state index contributed by atoms with van der Waals surface area (Å²) in [7, 11) is 0. The Bertz CT molecular complexity index is 1260. The van der Waals surface area contributed by atoms with Crippen LogP contribution in [0.15, 0.2) is 60.7 Å². The molecule has 2 heterocycles. The van der Waals surface area contributed by atoms with E-state index in [0.29, 0.717) is 30.3 Å². The lowest BCUT2D eigenvalue weighted by molar-refractivity contribution is -0.119. The van der Waals surface area contributed by atoms with Gasteiger partial charge < -0.3 is 9.47 Å². The fraction of sp³-hybridized carbons (Fsp3) is 0.321. The molecule has 0 atom stereocenters.